The van der Waals surface area contributed by atoms with Crippen molar-refractivity contribution in [2.75, 3.05) is 18.2 Å². The van der Waals surface area contributed by atoms with Gasteiger partial charge in [0.2, 0.25) is 18.6 Å². The summed E-state index contributed by atoms with van der Waals surface area (Å²) < 4.78 is 17.1. The van der Waals surface area contributed by atoms with E-state index in [4.69, 9.17) is 14.2 Å². The van der Waals surface area contributed by atoms with Gasteiger partial charge >= 0.3 is 0 Å². The first-order valence-corrected chi connectivity index (χ1v) is 11.5. The summed E-state index contributed by atoms with van der Waals surface area (Å²) in [7, 11) is 0. The van der Waals surface area contributed by atoms with E-state index in [0.29, 0.717) is 18.0 Å². The van der Waals surface area contributed by atoms with Crippen LogP contribution in [-0.2, 0) is 20.7 Å². The number of ether oxygens (including phenoxy) is 3. The van der Waals surface area contributed by atoms with Crippen LogP contribution in [0.2, 0.25) is 0 Å². The molecular weight excluding hydrogens is 420 g/mol. The smallest absolute Gasteiger partial charge is 0.234 e. The zero-order valence-corrected chi connectivity index (χ0v) is 18.4. The fourth-order valence-corrected chi connectivity index (χ4v) is 5.51. The summed E-state index contributed by atoms with van der Waals surface area (Å²) in [6.07, 6.45) is 5.26. The fourth-order valence-electron chi connectivity index (χ4n) is 5.51. The molecule has 170 valence electrons. The van der Waals surface area contributed by atoms with Crippen LogP contribution < -0.4 is 19.7 Å². The van der Waals surface area contributed by atoms with Gasteiger partial charge in [0.05, 0.1) is 24.5 Å². The molecule has 0 saturated carbocycles. The zero-order valence-electron chi connectivity index (χ0n) is 18.4. The number of nitrogens with zero attached hydrogens (tertiary/aromatic N) is 1. The predicted molar refractivity (Wildman–Crippen MR) is 121 cm³/mol. The molecule has 5 atom stereocenters. The van der Waals surface area contributed by atoms with Gasteiger partial charge in [-0.25, -0.2) is 0 Å². The minimum atomic E-state index is -0.757. The predicted octanol–water partition coefficient (Wildman–Crippen LogP) is 2.84. The number of fused-ring (bicyclic) bond motifs is 2. The lowest BCUT2D eigenvalue weighted by molar-refractivity contribution is -0.132. The lowest BCUT2D eigenvalue weighted by Crippen LogP contribution is -2.46. The Bertz CT molecular complexity index is 1130. The standard InChI is InChI=1S/C26H26N2O5/c1-16(7-8-17-5-3-2-4-6-17)27-24(29)22-20-11-12-26(33-20)14-28(25(30)23(22)26)18-9-10-19-21(13-18)32-15-31-19/h2-6,9-13,16,20,22-23H,7-8,14-15H2,1H3,(H,27,29)/t16-,20-,22+,23-,26-/m0/s1. The molecule has 2 amide bonds. The van der Waals surface area contributed by atoms with Crippen molar-refractivity contribution < 1.29 is 23.8 Å². The van der Waals surface area contributed by atoms with Gasteiger partial charge in [0, 0.05) is 17.8 Å². The lowest BCUT2D eigenvalue weighted by Gasteiger charge is -2.25. The third kappa shape index (κ3) is 3.30. The maximum absolute atomic E-state index is 13.5. The summed E-state index contributed by atoms with van der Waals surface area (Å²) in [5.41, 5.74) is 1.21. The van der Waals surface area contributed by atoms with E-state index in [9.17, 15) is 9.59 Å². The fraction of sp³-hybridized carbons (Fsp3) is 0.385. The molecule has 2 saturated heterocycles. The van der Waals surface area contributed by atoms with Gasteiger partial charge in [-0.05, 0) is 37.5 Å². The minimum absolute atomic E-state index is 0.00164. The summed E-state index contributed by atoms with van der Waals surface area (Å²) in [5, 5.41) is 3.14. The highest BCUT2D eigenvalue weighted by Crippen LogP contribution is 2.53. The first-order chi connectivity index (χ1) is 16.0. The van der Waals surface area contributed by atoms with Crippen molar-refractivity contribution in [3.8, 4) is 11.5 Å². The maximum atomic E-state index is 13.5. The Kier molecular flexibility index (Phi) is 4.69. The van der Waals surface area contributed by atoms with Crippen molar-refractivity contribution in [2.45, 2.75) is 37.5 Å². The number of carbonyl (C=O) groups excluding carboxylic acids is 2. The van der Waals surface area contributed by atoms with Crippen molar-refractivity contribution in [3.05, 3.63) is 66.2 Å². The van der Waals surface area contributed by atoms with E-state index >= 15 is 0 Å². The van der Waals surface area contributed by atoms with Crippen LogP contribution in [-0.4, -0.2) is 42.9 Å². The molecule has 2 fully saturated rings. The van der Waals surface area contributed by atoms with Gasteiger partial charge < -0.3 is 24.4 Å². The highest BCUT2D eigenvalue weighted by molar-refractivity contribution is 6.03. The van der Waals surface area contributed by atoms with Crippen LogP contribution in [0.1, 0.15) is 18.9 Å². The zero-order chi connectivity index (χ0) is 22.6. The van der Waals surface area contributed by atoms with Gasteiger partial charge in [0.15, 0.2) is 11.5 Å². The molecule has 1 N–H and O–H groups in total. The molecule has 4 aliphatic heterocycles. The molecule has 4 aliphatic rings. The van der Waals surface area contributed by atoms with E-state index in [0.717, 1.165) is 18.5 Å². The van der Waals surface area contributed by atoms with Crippen LogP contribution in [0.3, 0.4) is 0 Å². The Hall–Kier alpha value is -3.32. The SMILES string of the molecule is C[C@@H](CCc1ccccc1)NC(=O)[C@@H]1[C@@H]2C=C[C@@]3(CN(c4ccc5c(c4)OCO5)C(=O)[C@H]13)O2. The van der Waals surface area contributed by atoms with Crippen molar-refractivity contribution in [1.82, 2.24) is 5.32 Å². The van der Waals surface area contributed by atoms with Crippen molar-refractivity contribution in [1.29, 1.82) is 0 Å². The molecule has 7 nitrogen and oxygen atoms in total. The Labute approximate surface area is 192 Å². The molecule has 2 bridgehead atoms. The third-order valence-corrected chi connectivity index (χ3v) is 7.17. The summed E-state index contributed by atoms with van der Waals surface area (Å²) in [6, 6.07) is 15.7. The van der Waals surface area contributed by atoms with E-state index in [1.54, 1.807) is 4.90 Å². The Morgan fingerprint density at radius 1 is 1.18 bits per heavy atom. The number of benzene rings is 2. The van der Waals surface area contributed by atoms with Gasteiger partial charge in [-0.15, -0.1) is 0 Å². The van der Waals surface area contributed by atoms with E-state index in [-0.39, 0.29) is 30.8 Å². The number of hydrogen-bond donors (Lipinski definition) is 1. The molecule has 2 aromatic carbocycles. The van der Waals surface area contributed by atoms with Gasteiger partial charge in [-0.3, -0.25) is 9.59 Å². The first-order valence-electron chi connectivity index (χ1n) is 11.5. The van der Waals surface area contributed by atoms with Crippen LogP contribution in [0.5, 0.6) is 11.5 Å². The highest BCUT2D eigenvalue weighted by Gasteiger charge is 2.67. The van der Waals surface area contributed by atoms with Crippen LogP contribution in [0.4, 0.5) is 5.69 Å². The molecule has 0 unspecified atom stereocenters. The maximum Gasteiger partial charge on any atom is 0.234 e. The average molecular weight is 447 g/mol. The third-order valence-electron chi connectivity index (χ3n) is 7.17. The lowest BCUT2D eigenvalue weighted by atomic mass is 9.76. The van der Waals surface area contributed by atoms with Crippen molar-refractivity contribution >= 4 is 17.5 Å². The molecular formula is C26H26N2O5. The van der Waals surface area contributed by atoms with Crippen LogP contribution in [0.15, 0.2) is 60.7 Å². The Morgan fingerprint density at radius 3 is 2.85 bits per heavy atom. The molecule has 2 aromatic rings. The molecule has 0 radical (unpaired) electrons. The molecule has 6 rings (SSSR count). The van der Waals surface area contributed by atoms with Gasteiger partial charge in [-0.1, -0.05) is 42.5 Å². The molecule has 1 spiro atoms. The molecule has 7 heteroatoms. The Balaban J connectivity index is 1.17. The number of carbonyl (C=O) groups is 2. The van der Waals surface area contributed by atoms with E-state index < -0.39 is 17.4 Å². The van der Waals surface area contributed by atoms with E-state index in [1.807, 2.05) is 55.5 Å². The van der Waals surface area contributed by atoms with Crippen LogP contribution in [0.25, 0.3) is 0 Å². The summed E-state index contributed by atoms with van der Waals surface area (Å²) in [5.74, 6) is 0.0372. The number of amides is 2. The number of anilines is 1. The van der Waals surface area contributed by atoms with Gasteiger partial charge in [0.1, 0.15) is 5.60 Å². The van der Waals surface area contributed by atoms with Gasteiger partial charge in [-0.2, -0.15) is 0 Å². The second-order valence-electron chi connectivity index (χ2n) is 9.30. The monoisotopic (exact) mass is 446 g/mol. The van der Waals surface area contributed by atoms with E-state index in [1.165, 1.54) is 5.56 Å². The second kappa shape index (κ2) is 7.63. The number of nitrogens with one attached hydrogen (secondary N) is 1. The molecule has 0 aromatic heterocycles. The second-order valence-corrected chi connectivity index (χ2v) is 9.30. The minimum Gasteiger partial charge on any atom is -0.454 e. The molecule has 0 aliphatic carbocycles. The van der Waals surface area contributed by atoms with Crippen molar-refractivity contribution in [3.63, 3.8) is 0 Å². The van der Waals surface area contributed by atoms with E-state index in [2.05, 4.69) is 17.4 Å². The Morgan fingerprint density at radius 2 is 2.00 bits per heavy atom. The summed E-state index contributed by atoms with van der Waals surface area (Å²) >= 11 is 0. The number of hydrogen-bond acceptors (Lipinski definition) is 5. The average Bonchev–Trinajstić information content (AvgIpc) is 3.58. The van der Waals surface area contributed by atoms with Crippen LogP contribution in [0, 0.1) is 11.8 Å². The largest absolute Gasteiger partial charge is 0.454 e. The number of aryl methyl sites for hydroxylation is 1. The normalized spacial score (nSPS) is 29.4. The van der Waals surface area contributed by atoms with Gasteiger partial charge in [0.25, 0.3) is 0 Å². The number of rotatable bonds is 6. The highest BCUT2D eigenvalue weighted by atomic mass is 16.7. The summed E-state index contributed by atoms with van der Waals surface area (Å²) in [4.78, 5) is 28.6. The summed E-state index contributed by atoms with van der Waals surface area (Å²) in [6.45, 7) is 2.57. The molecule has 4 heterocycles. The first kappa shape index (κ1) is 20.3. The topological polar surface area (TPSA) is 77.1 Å². The molecule has 33 heavy (non-hydrogen) atoms. The van der Waals surface area contributed by atoms with Crippen molar-refractivity contribution in [2.24, 2.45) is 11.8 Å². The quantitative estimate of drug-likeness (QED) is 0.691. The van der Waals surface area contributed by atoms with Crippen LogP contribution >= 0.6 is 0 Å².